The van der Waals surface area contributed by atoms with E-state index in [0.29, 0.717) is 12.0 Å². The summed E-state index contributed by atoms with van der Waals surface area (Å²) in [5.41, 5.74) is 0. The molecule has 4 nitrogen and oxygen atoms in total. The highest BCUT2D eigenvalue weighted by Crippen LogP contribution is 2.30. The fourth-order valence-corrected chi connectivity index (χ4v) is 3.01. The molecule has 1 fully saturated rings. The van der Waals surface area contributed by atoms with E-state index < -0.39 is 5.97 Å². The fourth-order valence-electron chi connectivity index (χ4n) is 3.01. The highest BCUT2D eigenvalue weighted by molar-refractivity contribution is 5.69. The maximum Gasteiger partial charge on any atom is 0.317 e. The van der Waals surface area contributed by atoms with Gasteiger partial charge in [0.15, 0.2) is 0 Å². The lowest BCUT2D eigenvalue weighted by Crippen LogP contribution is -2.47. The quantitative estimate of drug-likeness (QED) is 0.755. The number of carboxylic acid groups (broad SMARTS) is 1. The molecule has 1 aliphatic rings. The van der Waals surface area contributed by atoms with Crippen molar-refractivity contribution in [3.8, 4) is 0 Å². The molecule has 0 aromatic rings. The molecule has 2 unspecified atom stereocenters. The fraction of sp³-hybridized carbons (Fsp3) is 0.929. The number of likely N-dealkylation sites (N-methyl/N-ethyl adjacent to an activating group) is 1. The zero-order valence-electron chi connectivity index (χ0n) is 12.1. The Bertz CT molecular complexity index is 256. The van der Waals surface area contributed by atoms with E-state index in [9.17, 15) is 4.79 Å². The third-order valence-corrected chi connectivity index (χ3v) is 4.04. The third kappa shape index (κ3) is 4.94. The molecule has 0 radical (unpaired) electrons. The lowest BCUT2D eigenvalue weighted by atomic mass is 9.82. The van der Waals surface area contributed by atoms with Gasteiger partial charge in [0, 0.05) is 19.1 Å². The average Bonchev–Trinajstić information content (AvgIpc) is 2.33. The first-order chi connectivity index (χ1) is 8.54. The minimum atomic E-state index is -0.700. The van der Waals surface area contributed by atoms with Gasteiger partial charge in [0.25, 0.3) is 0 Å². The van der Waals surface area contributed by atoms with Crippen LogP contribution in [0.2, 0.25) is 0 Å². The summed E-state index contributed by atoms with van der Waals surface area (Å²) in [5.74, 6) is -0.0190. The van der Waals surface area contributed by atoms with Crippen LogP contribution in [-0.4, -0.2) is 60.6 Å². The van der Waals surface area contributed by atoms with Gasteiger partial charge >= 0.3 is 5.97 Å². The van der Waals surface area contributed by atoms with Gasteiger partial charge in [0.05, 0.1) is 6.54 Å². The van der Waals surface area contributed by atoms with Gasteiger partial charge in [0.1, 0.15) is 0 Å². The van der Waals surface area contributed by atoms with Crippen LogP contribution in [0.5, 0.6) is 0 Å². The summed E-state index contributed by atoms with van der Waals surface area (Å²) in [4.78, 5) is 15.4. The van der Waals surface area contributed by atoms with Gasteiger partial charge in [-0.2, -0.15) is 0 Å². The van der Waals surface area contributed by atoms with Crippen LogP contribution >= 0.6 is 0 Å². The molecule has 1 rings (SSSR count). The molecule has 1 aliphatic carbocycles. The SMILES string of the molecule is CCC1CCCCC1N(CCN(C)C)CC(=O)O. The molecular weight excluding hydrogens is 228 g/mol. The minimum absolute atomic E-state index is 0.189. The standard InChI is InChI=1S/C14H28N2O2/c1-4-12-7-5-6-8-13(12)16(11-14(17)18)10-9-15(2)3/h12-13H,4-11H2,1-3H3,(H,17,18). The van der Waals surface area contributed by atoms with Crippen molar-refractivity contribution >= 4 is 5.97 Å². The predicted octanol–water partition coefficient (Wildman–Crippen LogP) is 1.90. The van der Waals surface area contributed by atoms with Crippen LogP contribution in [0, 0.1) is 5.92 Å². The van der Waals surface area contributed by atoms with Crippen LogP contribution < -0.4 is 0 Å². The zero-order valence-corrected chi connectivity index (χ0v) is 12.1. The van der Waals surface area contributed by atoms with Crippen molar-refractivity contribution in [3.05, 3.63) is 0 Å². The Morgan fingerprint density at radius 2 is 1.89 bits per heavy atom. The Hall–Kier alpha value is -0.610. The van der Waals surface area contributed by atoms with Gasteiger partial charge < -0.3 is 10.0 Å². The van der Waals surface area contributed by atoms with E-state index in [1.54, 1.807) is 0 Å². The lowest BCUT2D eigenvalue weighted by molar-refractivity contribution is -0.139. The molecule has 2 atom stereocenters. The van der Waals surface area contributed by atoms with E-state index in [1.165, 1.54) is 32.1 Å². The molecule has 0 heterocycles. The molecule has 0 aliphatic heterocycles. The highest BCUT2D eigenvalue weighted by atomic mass is 16.4. The van der Waals surface area contributed by atoms with Crippen molar-refractivity contribution in [2.75, 3.05) is 33.7 Å². The van der Waals surface area contributed by atoms with Gasteiger partial charge in [0.2, 0.25) is 0 Å². The predicted molar refractivity (Wildman–Crippen MR) is 73.8 cm³/mol. The maximum absolute atomic E-state index is 11.0. The van der Waals surface area contributed by atoms with Gasteiger partial charge in [-0.3, -0.25) is 9.69 Å². The number of hydrogen-bond donors (Lipinski definition) is 1. The molecule has 0 saturated heterocycles. The first-order valence-electron chi connectivity index (χ1n) is 7.15. The Labute approximate surface area is 111 Å². The first kappa shape index (κ1) is 15.4. The average molecular weight is 256 g/mol. The van der Waals surface area contributed by atoms with E-state index in [4.69, 9.17) is 5.11 Å². The topological polar surface area (TPSA) is 43.8 Å². The zero-order chi connectivity index (χ0) is 13.5. The summed E-state index contributed by atoms with van der Waals surface area (Å²) in [6, 6.07) is 0.472. The number of nitrogens with zero attached hydrogens (tertiary/aromatic N) is 2. The second-order valence-corrected chi connectivity index (χ2v) is 5.69. The largest absolute Gasteiger partial charge is 0.480 e. The number of carbonyl (C=O) groups is 1. The molecule has 1 N–H and O–H groups in total. The number of aliphatic carboxylic acids is 1. The van der Waals surface area contributed by atoms with E-state index in [2.05, 4.69) is 16.7 Å². The Morgan fingerprint density at radius 3 is 2.44 bits per heavy atom. The van der Waals surface area contributed by atoms with Crippen LogP contribution in [0.4, 0.5) is 0 Å². The van der Waals surface area contributed by atoms with Crippen molar-refractivity contribution < 1.29 is 9.90 Å². The molecule has 0 spiro atoms. The summed E-state index contributed by atoms with van der Waals surface area (Å²) < 4.78 is 0. The number of hydrogen-bond acceptors (Lipinski definition) is 3. The van der Waals surface area contributed by atoms with Crippen molar-refractivity contribution in [2.24, 2.45) is 5.92 Å². The van der Waals surface area contributed by atoms with Crippen molar-refractivity contribution in [2.45, 2.75) is 45.1 Å². The van der Waals surface area contributed by atoms with Gasteiger partial charge in [-0.05, 0) is 32.9 Å². The van der Waals surface area contributed by atoms with Crippen LogP contribution in [-0.2, 0) is 4.79 Å². The second-order valence-electron chi connectivity index (χ2n) is 5.69. The highest BCUT2D eigenvalue weighted by Gasteiger charge is 2.29. The van der Waals surface area contributed by atoms with E-state index in [0.717, 1.165) is 13.1 Å². The Morgan fingerprint density at radius 1 is 1.22 bits per heavy atom. The van der Waals surface area contributed by atoms with Crippen LogP contribution in [0.25, 0.3) is 0 Å². The van der Waals surface area contributed by atoms with Crippen LogP contribution in [0.15, 0.2) is 0 Å². The van der Waals surface area contributed by atoms with Gasteiger partial charge in [-0.25, -0.2) is 0 Å². The van der Waals surface area contributed by atoms with Gasteiger partial charge in [-0.1, -0.05) is 26.2 Å². The molecule has 0 aromatic carbocycles. The second kappa shape index (κ2) is 7.74. The normalized spacial score (nSPS) is 24.7. The molecular formula is C14H28N2O2. The van der Waals surface area contributed by atoms with E-state index >= 15 is 0 Å². The Balaban J connectivity index is 2.63. The summed E-state index contributed by atoms with van der Waals surface area (Å²) in [7, 11) is 4.08. The summed E-state index contributed by atoms with van der Waals surface area (Å²) in [6.45, 7) is 4.21. The minimum Gasteiger partial charge on any atom is -0.480 e. The number of carboxylic acids is 1. The van der Waals surface area contributed by atoms with Crippen molar-refractivity contribution in [1.29, 1.82) is 0 Å². The first-order valence-corrected chi connectivity index (χ1v) is 7.15. The smallest absolute Gasteiger partial charge is 0.317 e. The molecule has 0 amide bonds. The van der Waals surface area contributed by atoms with Gasteiger partial charge in [-0.15, -0.1) is 0 Å². The number of rotatable bonds is 7. The molecule has 4 heteroatoms. The van der Waals surface area contributed by atoms with E-state index in [1.807, 2.05) is 14.1 Å². The molecule has 0 bridgehead atoms. The summed E-state index contributed by atoms with van der Waals surface area (Å²) >= 11 is 0. The van der Waals surface area contributed by atoms with Crippen molar-refractivity contribution in [1.82, 2.24) is 9.80 Å². The van der Waals surface area contributed by atoms with E-state index in [-0.39, 0.29) is 6.54 Å². The lowest BCUT2D eigenvalue weighted by Gasteiger charge is -2.39. The van der Waals surface area contributed by atoms with Crippen LogP contribution in [0.1, 0.15) is 39.0 Å². The third-order valence-electron chi connectivity index (χ3n) is 4.04. The molecule has 1 saturated carbocycles. The molecule has 0 aromatic heterocycles. The maximum atomic E-state index is 11.0. The molecule has 18 heavy (non-hydrogen) atoms. The summed E-state index contributed by atoms with van der Waals surface area (Å²) in [5, 5.41) is 9.08. The Kier molecular flexibility index (Phi) is 6.65. The van der Waals surface area contributed by atoms with Crippen LogP contribution in [0.3, 0.4) is 0 Å². The molecule has 106 valence electrons. The monoisotopic (exact) mass is 256 g/mol. The summed E-state index contributed by atoms with van der Waals surface area (Å²) in [6.07, 6.45) is 6.16. The van der Waals surface area contributed by atoms with Crippen molar-refractivity contribution in [3.63, 3.8) is 0 Å².